The third-order valence-electron chi connectivity index (χ3n) is 3.10. The Hall–Kier alpha value is -3.03. The summed E-state index contributed by atoms with van der Waals surface area (Å²) in [5.41, 5.74) is 6.78. The van der Waals surface area contributed by atoms with Crippen molar-refractivity contribution < 1.29 is 4.79 Å². The van der Waals surface area contributed by atoms with Crippen molar-refractivity contribution in [2.24, 2.45) is 5.73 Å². The molecule has 8 heteroatoms. The second kappa shape index (κ2) is 4.82. The van der Waals surface area contributed by atoms with E-state index in [1.807, 2.05) is 31.2 Å². The zero-order valence-corrected chi connectivity index (χ0v) is 11.2. The van der Waals surface area contributed by atoms with E-state index in [0.717, 1.165) is 15.5 Å². The van der Waals surface area contributed by atoms with E-state index in [-0.39, 0.29) is 17.9 Å². The van der Waals surface area contributed by atoms with Gasteiger partial charge in [0.05, 0.1) is 6.54 Å². The zero-order chi connectivity index (χ0) is 15.0. The summed E-state index contributed by atoms with van der Waals surface area (Å²) < 4.78 is 2.35. The second-order valence-corrected chi connectivity index (χ2v) is 4.67. The first-order valence-corrected chi connectivity index (χ1v) is 6.22. The van der Waals surface area contributed by atoms with Crippen molar-refractivity contribution in [2.75, 3.05) is 0 Å². The molecule has 1 aromatic carbocycles. The molecule has 0 bridgehead atoms. The van der Waals surface area contributed by atoms with Crippen LogP contribution in [0.1, 0.15) is 21.6 Å². The van der Waals surface area contributed by atoms with E-state index in [1.165, 1.54) is 11.0 Å². The van der Waals surface area contributed by atoms with Gasteiger partial charge in [0.15, 0.2) is 11.3 Å². The normalized spacial score (nSPS) is 10.9. The fraction of sp³-hybridized carbons (Fsp3) is 0.154. The maximum atomic E-state index is 12.3. The van der Waals surface area contributed by atoms with E-state index in [0.29, 0.717) is 0 Å². The minimum Gasteiger partial charge on any atom is -0.364 e. The molecule has 3 aromatic rings. The van der Waals surface area contributed by atoms with Gasteiger partial charge in [0.1, 0.15) is 6.33 Å². The fourth-order valence-corrected chi connectivity index (χ4v) is 1.98. The van der Waals surface area contributed by atoms with Gasteiger partial charge in [-0.1, -0.05) is 35.0 Å². The Bertz CT molecular complexity index is 878. The van der Waals surface area contributed by atoms with Gasteiger partial charge in [0.25, 0.3) is 5.91 Å². The summed E-state index contributed by atoms with van der Waals surface area (Å²) in [5.74, 6) is -0.748. The van der Waals surface area contributed by atoms with Crippen LogP contribution < -0.4 is 11.4 Å². The zero-order valence-electron chi connectivity index (χ0n) is 11.2. The number of nitrogens with two attached hydrogens (primary N) is 1. The van der Waals surface area contributed by atoms with Gasteiger partial charge in [0, 0.05) is 0 Å². The molecule has 0 aliphatic rings. The highest BCUT2D eigenvalue weighted by Gasteiger charge is 2.15. The van der Waals surface area contributed by atoms with Crippen LogP contribution in [0.3, 0.4) is 0 Å². The molecule has 2 heterocycles. The van der Waals surface area contributed by atoms with Gasteiger partial charge in [0.2, 0.25) is 0 Å². The van der Waals surface area contributed by atoms with Gasteiger partial charge < -0.3 is 5.73 Å². The molecule has 2 N–H and O–H groups in total. The Balaban J connectivity index is 2.04. The summed E-state index contributed by atoms with van der Waals surface area (Å²) in [6.07, 6.45) is 1.22. The average Bonchev–Trinajstić information content (AvgIpc) is 2.89. The molecule has 106 valence electrons. The van der Waals surface area contributed by atoms with E-state index in [4.69, 9.17) is 5.73 Å². The van der Waals surface area contributed by atoms with Crippen molar-refractivity contribution in [3.63, 3.8) is 0 Å². The van der Waals surface area contributed by atoms with E-state index in [9.17, 15) is 9.59 Å². The van der Waals surface area contributed by atoms with E-state index >= 15 is 0 Å². The number of rotatable bonds is 3. The molecule has 8 nitrogen and oxygen atoms in total. The molecule has 0 saturated carbocycles. The number of nitrogens with zero attached hydrogens (tertiary/aromatic N) is 5. The van der Waals surface area contributed by atoms with Crippen LogP contribution in [0.25, 0.3) is 5.65 Å². The van der Waals surface area contributed by atoms with Crippen molar-refractivity contribution >= 4 is 11.6 Å². The Morgan fingerprint density at radius 3 is 2.67 bits per heavy atom. The maximum absolute atomic E-state index is 12.3. The van der Waals surface area contributed by atoms with Crippen molar-refractivity contribution in [2.45, 2.75) is 13.5 Å². The predicted molar refractivity (Wildman–Crippen MR) is 73.8 cm³/mol. The Labute approximate surface area is 118 Å². The number of carbonyl (C=O) groups excluding carboxylic acids is 1. The van der Waals surface area contributed by atoms with Crippen LogP contribution in [0, 0.1) is 6.92 Å². The van der Waals surface area contributed by atoms with Crippen molar-refractivity contribution in [1.82, 2.24) is 24.4 Å². The number of hydrogen-bond acceptors (Lipinski definition) is 5. The number of benzene rings is 1. The van der Waals surface area contributed by atoms with Gasteiger partial charge in [-0.25, -0.2) is 14.2 Å². The van der Waals surface area contributed by atoms with Gasteiger partial charge in [-0.2, -0.15) is 4.68 Å². The number of aromatic nitrogens is 5. The van der Waals surface area contributed by atoms with Crippen LogP contribution in [-0.2, 0) is 6.54 Å². The van der Waals surface area contributed by atoms with Crippen LogP contribution >= 0.6 is 0 Å². The van der Waals surface area contributed by atoms with Crippen LogP contribution in [0.15, 0.2) is 35.4 Å². The fourth-order valence-electron chi connectivity index (χ4n) is 1.98. The average molecular weight is 284 g/mol. The SMILES string of the molecule is Cc1ccc(Cn2nnc3c(C(N)=O)ncn3c2=O)cc1. The third-order valence-corrected chi connectivity index (χ3v) is 3.10. The highest BCUT2D eigenvalue weighted by molar-refractivity contribution is 5.96. The molecule has 21 heavy (non-hydrogen) atoms. The Kier molecular flexibility index (Phi) is 2.98. The minimum absolute atomic E-state index is 0.0626. The van der Waals surface area contributed by atoms with Gasteiger partial charge in [-0.3, -0.25) is 4.79 Å². The molecule has 2 aromatic heterocycles. The number of imidazole rings is 1. The summed E-state index contributed by atoms with van der Waals surface area (Å²) in [7, 11) is 0. The highest BCUT2D eigenvalue weighted by atomic mass is 16.2. The van der Waals surface area contributed by atoms with Crippen LogP contribution in [0.4, 0.5) is 0 Å². The summed E-state index contributed by atoms with van der Waals surface area (Å²) >= 11 is 0. The smallest absolute Gasteiger partial charge is 0.353 e. The third kappa shape index (κ3) is 2.27. The number of amides is 1. The first-order chi connectivity index (χ1) is 10.1. The molecule has 0 atom stereocenters. The molecule has 0 aliphatic carbocycles. The van der Waals surface area contributed by atoms with E-state index in [1.54, 1.807) is 0 Å². The largest absolute Gasteiger partial charge is 0.364 e. The van der Waals surface area contributed by atoms with Crippen molar-refractivity contribution in [3.05, 3.63) is 57.9 Å². The molecule has 0 spiro atoms. The molecule has 0 aliphatic heterocycles. The molecular formula is C13H12N6O2. The summed E-state index contributed by atoms with van der Waals surface area (Å²) in [6, 6.07) is 7.73. The highest BCUT2D eigenvalue weighted by Crippen LogP contribution is 2.05. The first kappa shape index (κ1) is 13.0. The minimum atomic E-state index is -0.748. The quantitative estimate of drug-likeness (QED) is 0.713. The first-order valence-electron chi connectivity index (χ1n) is 6.22. The lowest BCUT2D eigenvalue weighted by Gasteiger charge is -2.04. The molecule has 0 radical (unpaired) electrons. The van der Waals surface area contributed by atoms with Crippen LogP contribution in [-0.4, -0.2) is 30.3 Å². The monoisotopic (exact) mass is 284 g/mol. The van der Waals surface area contributed by atoms with Gasteiger partial charge in [-0.05, 0) is 12.5 Å². The lowest BCUT2D eigenvalue weighted by Crippen LogP contribution is -2.30. The molecule has 1 amide bonds. The molecule has 0 saturated heterocycles. The number of carbonyl (C=O) groups is 1. The predicted octanol–water partition coefficient (Wildman–Crippen LogP) is -0.258. The second-order valence-electron chi connectivity index (χ2n) is 4.67. The lowest BCUT2D eigenvalue weighted by atomic mass is 10.1. The van der Waals surface area contributed by atoms with E-state index in [2.05, 4.69) is 15.3 Å². The number of hydrogen-bond donors (Lipinski definition) is 1. The number of primary amides is 1. The Morgan fingerprint density at radius 2 is 2.00 bits per heavy atom. The lowest BCUT2D eigenvalue weighted by molar-refractivity contribution is 0.0997. The number of aryl methyl sites for hydroxylation is 1. The Morgan fingerprint density at radius 1 is 1.29 bits per heavy atom. The van der Waals surface area contributed by atoms with Gasteiger partial charge in [-0.15, -0.1) is 5.10 Å². The molecule has 0 fully saturated rings. The summed E-state index contributed by atoms with van der Waals surface area (Å²) in [6.45, 7) is 2.27. The van der Waals surface area contributed by atoms with Crippen molar-refractivity contribution in [3.8, 4) is 0 Å². The molecule has 3 rings (SSSR count). The summed E-state index contributed by atoms with van der Waals surface area (Å²) in [4.78, 5) is 27.2. The molecule has 0 unspecified atom stereocenters. The van der Waals surface area contributed by atoms with Crippen LogP contribution in [0.5, 0.6) is 0 Å². The van der Waals surface area contributed by atoms with Gasteiger partial charge >= 0.3 is 5.69 Å². The summed E-state index contributed by atoms with van der Waals surface area (Å²) in [5, 5.41) is 7.67. The van der Waals surface area contributed by atoms with E-state index < -0.39 is 11.6 Å². The standard InChI is InChI=1S/C13H12N6O2/c1-8-2-4-9(5-3-8)6-19-13(21)18-7-15-10(11(14)20)12(18)16-17-19/h2-5,7H,6H2,1H3,(H2,14,20). The number of fused-ring (bicyclic) bond motifs is 1. The topological polar surface area (TPSA) is 108 Å². The maximum Gasteiger partial charge on any atom is 0.353 e. The van der Waals surface area contributed by atoms with Crippen molar-refractivity contribution in [1.29, 1.82) is 0 Å². The molecular weight excluding hydrogens is 272 g/mol. The van der Waals surface area contributed by atoms with Crippen LogP contribution in [0.2, 0.25) is 0 Å².